The highest BCUT2D eigenvalue weighted by molar-refractivity contribution is 7.57. The van der Waals surface area contributed by atoms with Crippen LogP contribution in [-0.2, 0) is 59.4 Å². The van der Waals surface area contributed by atoms with E-state index in [1.54, 1.807) is 13.3 Å². The van der Waals surface area contributed by atoms with Crippen LogP contribution in [0.1, 0.15) is 22.3 Å². The van der Waals surface area contributed by atoms with Crippen LogP contribution in [0.5, 0.6) is 0 Å². The number of carbonyl (C=O) groups excluding carboxylic acids is 1. The first-order chi connectivity index (χ1) is 21.9. The van der Waals surface area contributed by atoms with Crippen LogP contribution in [-0.4, -0.2) is 56.3 Å². The first-order valence-corrected chi connectivity index (χ1v) is 17.5. The SMILES string of the molecule is CP(C)(=O)OC[C@@H](OCc1ccccc1)[C@@H](OCc1ccccc1)[C@H](CN(C=O)OCc1ccccc1)OCc1ccccc1. The molecule has 0 heterocycles. The Morgan fingerprint density at radius 3 is 1.42 bits per heavy atom. The highest BCUT2D eigenvalue weighted by atomic mass is 31.2. The molecule has 0 aliphatic rings. The number of benzene rings is 4. The summed E-state index contributed by atoms with van der Waals surface area (Å²) in [6.07, 6.45) is -1.52. The summed E-state index contributed by atoms with van der Waals surface area (Å²) in [6, 6.07) is 38.9. The van der Waals surface area contributed by atoms with Gasteiger partial charge in [0.15, 0.2) is 7.37 Å². The second-order valence-electron chi connectivity index (χ2n) is 10.9. The molecule has 9 heteroatoms. The van der Waals surface area contributed by atoms with Crippen LogP contribution in [0.4, 0.5) is 0 Å². The molecule has 0 aliphatic carbocycles. The van der Waals surface area contributed by atoms with Gasteiger partial charge in [-0.2, -0.15) is 0 Å². The fraction of sp³-hybridized carbons (Fsp3) is 0.306. The molecule has 4 aromatic rings. The van der Waals surface area contributed by atoms with Gasteiger partial charge >= 0.3 is 0 Å². The van der Waals surface area contributed by atoms with E-state index in [4.69, 9.17) is 23.6 Å². The summed E-state index contributed by atoms with van der Waals surface area (Å²) in [4.78, 5) is 18.2. The maximum atomic E-state index is 12.7. The maximum absolute atomic E-state index is 12.7. The van der Waals surface area contributed by atoms with E-state index in [1.807, 2.05) is 121 Å². The molecule has 0 unspecified atom stereocenters. The third-order valence-corrected chi connectivity index (χ3v) is 7.67. The Kier molecular flexibility index (Phi) is 14.0. The van der Waals surface area contributed by atoms with Gasteiger partial charge in [-0.1, -0.05) is 121 Å². The molecular weight excluding hydrogens is 589 g/mol. The fourth-order valence-corrected chi connectivity index (χ4v) is 5.06. The Balaban J connectivity index is 1.63. The van der Waals surface area contributed by atoms with E-state index in [0.717, 1.165) is 22.3 Å². The predicted octanol–water partition coefficient (Wildman–Crippen LogP) is 6.89. The summed E-state index contributed by atoms with van der Waals surface area (Å²) >= 11 is 0. The Hall–Kier alpha value is -3.62. The summed E-state index contributed by atoms with van der Waals surface area (Å²) in [5, 5.41) is 1.22. The van der Waals surface area contributed by atoms with Crippen molar-refractivity contribution in [3.63, 3.8) is 0 Å². The molecule has 0 N–H and O–H groups in total. The number of nitrogens with zero attached hydrogens (tertiary/aromatic N) is 1. The normalized spacial score (nSPS) is 13.6. The lowest BCUT2D eigenvalue weighted by molar-refractivity contribution is -0.210. The largest absolute Gasteiger partial charge is 0.369 e. The van der Waals surface area contributed by atoms with Crippen LogP contribution in [0.25, 0.3) is 0 Å². The van der Waals surface area contributed by atoms with E-state index in [-0.39, 0.29) is 39.6 Å². The number of amides is 1. The zero-order valence-corrected chi connectivity index (χ0v) is 26.7. The Morgan fingerprint density at radius 2 is 1.00 bits per heavy atom. The molecule has 0 aromatic heterocycles. The lowest BCUT2D eigenvalue weighted by Crippen LogP contribution is -2.49. The number of hydrogen-bond acceptors (Lipinski definition) is 7. The highest BCUT2D eigenvalue weighted by Gasteiger charge is 2.35. The molecule has 0 saturated heterocycles. The monoisotopic (exact) mass is 631 g/mol. The van der Waals surface area contributed by atoms with Crippen LogP contribution >= 0.6 is 7.37 Å². The minimum atomic E-state index is -2.87. The van der Waals surface area contributed by atoms with Gasteiger partial charge in [0.1, 0.15) is 24.9 Å². The molecule has 0 radical (unpaired) electrons. The van der Waals surface area contributed by atoms with Gasteiger partial charge in [-0.25, -0.2) is 5.06 Å². The van der Waals surface area contributed by atoms with Gasteiger partial charge in [-0.15, -0.1) is 0 Å². The van der Waals surface area contributed by atoms with Gasteiger partial charge in [0.25, 0.3) is 0 Å². The summed E-state index contributed by atoms with van der Waals surface area (Å²) < 4.78 is 38.1. The van der Waals surface area contributed by atoms with Gasteiger partial charge < -0.3 is 18.7 Å². The van der Waals surface area contributed by atoms with Gasteiger partial charge in [0, 0.05) is 13.3 Å². The number of rotatable bonds is 20. The van der Waals surface area contributed by atoms with Crippen LogP contribution < -0.4 is 0 Å². The quantitative estimate of drug-likeness (QED) is 0.0597. The summed E-state index contributed by atoms with van der Waals surface area (Å²) in [7, 11) is -2.87. The number of hydroxylamine groups is 2. The molecule has 0 aliphatic heterocycles. The van der Waals surface area contributed by atoms with Crippen LogP contribution in [0.3, 0.4) is 0 Å². The summed E-state index contributed by atoms with van der Waals surface area (Å²) in [5.41, 5.74) is 3.79. The van der Waals surface area contributed by atoms with Crippen molar-refractivity contribution < 1.29 is 32.9 Å². The molecule has 0 bridgehead atoms. The first-order valence-electron chi connectivity index (χ1n) is 14.9. The van der Waals surface area contributed by atoms with Crippen molar-refractivity contribution in [2.45, 2.75) is 44.7 Å². The molecule has 0 fully saturated rings. The second kappa shape index (κ2) is 18.4. The van der Waals surface area contributed by atoms with Crippen molar-refractivity contribution in [3.05, 3.63) is 144 Å². The standard InChI is InChI=1S/C36H42NO7P/c1-45(2,39)44-28-35(41-25-31-17-9-4-10-18-31)36(42-26-32-19-11-5-12-20-32)34(40-24-30-15-7-3-8-16-30)23-37(29-38)43-27-33-21-13-6-14-22-33/h3-22,29,34-36H,23-28H2,1-2H3/t34-,35+,36-/m0/s1. The average molecular weight is 632 g/mol. The smallest absolute Gasteiger partial charge is 0.233 e. The zero-order valence-electron chi connectivity index (χ0n) is 25.9. The van der Waals surface area contributed by atoms with E-state index in [1.165, 1.54) is 5.06 Å². The molecule has 238 valence electrons. The summed E-state index contributed by atoms with van der Waals surface area (Å²) in [6.45, 7) is 4.15. The lowest BCUT2D eigenvalue weighted by atomic mass is 10.1. The van der Waals surface area contributed by atoms with E-state index in [9.17, 15) is 9.36 Å². The Morgan fingerprint density at radius 1 is 0.600 bits per heavy atom. The lowest BCUT2D eigenvalue weighted by Gasteiger charge is -2.35. The third kappa shape index (κ3) is 12.7. The number of hydrogen-bond donors (Lipinski definition) is 0. The zero-order chi connectivity index (χ0) is 31.7. The van der Waals surface area contributed by atoms with Crippen molar-refractivity contribution >= 4 is 13.8 Å². The molecule has 0 saturated carbocycles. The van der Waals surface area contributed by atoms with Gasteiger partial charge in [0.2, 0.25) is 6.41 Å². The van der Waals surface area contributed by atoms with Crippen LogP contribution in [0.15, 0.2) is 121 Å². The number of ether oxygens (including phenoxy) is 3. The third-order valence-electron chi connectivity index (χ3n) is 6.90. The Labute approximate surface area is 266 Å². The molecule has 4 rings (SSSR count). The Bertz CT molecular complexity index is 1420. The molecule has 4 aromatic carbocycles. The van der Waals surface area contributed by atoms with E-state index in [2.05, 4.69) is 0 Å². The van der Waals surface area contributed by atoms with Crippen molar-refractivity contribution in [2.24, 2.45) is 0 Å². The van der Waals surface area contributed by atoms with Gasteiger partial charge in [0.05, 0.1) is 33.0 Å². The molecule has 3 atom stereocenters. The van der Waals surface area contributed by atoms with Crippen molar-refractivity contribution in [3.8, 4) is 0 Å². The average Bonchev–Trinajstić information content (AvgIpc) is 3.07. The van der Waals surface area contributed by atoms with Crippen molar-refractivity contribution in [1.29, 1.82) is 0 Å². The summed E-state index contributed by atoms with van der Waals surface area (Å²) in [5.74, 6) is 0. The number of carbonyl (C=O) groups is 1. The minimum absolute atomic E-state index is 0.00622. The first kappa shape index (κ1) is 34.3. The fourth-order valence-electron chi connectivity index (χ4n) is 4.55. The van der Waals surface area contributed by atoms with E-state index >= 15 is 0 Å². The highest BCUT2D eigenvalue weighted by Crippen LogP contribution is 2.38. The maximum Gasteiger partial charge on any atom is 0.233 e. The van der Waals surface area contributed by atoms with Crippen molar-refractivity contribution in [1.82, 2.24) is 5.06 Å². The van der Waals surface area contributed by atoms with E-state index in [0.29, 0.717) is 6.41 Å². The van der Waals surface area contributed by atoms with Gasteiger partial charge in [-0.05, 0) is 22.3 Å². The predicted molar refractivity (Wildman–Crippen MR) is 174 cm³/mol. The molecule has 1 amide bonds. The minimum Gasteiger partial charge on any atom is -0.369 e. The molecular formula is C36H42NO7P. The van der Waals surface area contributed by atoms with E-state index < -0.39 is 25.7 Å². The van der Waals surface area contributed by atoms with Crippen LogP contribution in [0, 0.1) is 0 Å². The van der Waals surface area contributed by atoms with Gasteiger partial charge in [-0.3, -0.25) is 14.2 Å². The topological polar surface area (TPSA) is 83.5 Å². The van der Waals surface area contributed by atoms with Crippen LogP contribution in [0.2, 0.25) is 0 Å². The second-order valence-corrected chi connectivity index (χ2v) is 13.7. The van der Waals surface area contributed by atoms with Crippen molar-refractivity contribution in [2.75, 3.05) is 26.5 Å². The molecule has 0 spiro atoms. The molecule has 45 heavy (non-hydrogen) atoms. The molecule has 8 nitrogen and oxygen atoms in total.